The summed E-state index contributed by atoms with van der Waals surface area (Å²) in [5.41, 5.74) is 6.34. The number of aliphatic hydroxyl groups is 1. The van der Waals surface area contributed by atoms with Crippen LogP contribution >= 0.6 is 0 Å². The molecule has 0 bridgehead atoms. The molecule has 0 aromatic rings. The van der Waals surface area contributed by atoms with Crippen molar-refractivity contribution in [2.24, 2.45) is 11.1 Å². The third-order valence-electron chi connectivity index (χ3n) is 4.33. The SMILES string of the molecule is NCC1(CN2CCOC(CO)C2)CCCCC1. The van der Waals surface area contributed by atoms with E-state index in [0.717, 1.165) is 32.8 Å². The smallest absolute Gasteiger partial charge is 0.0932 e. The van der Waals surface area contributed by atoms with E-state index < -0.39 is 0 Å². The molecule has 0 spiro atoms. The highest BCUT2D eigenvalue weighted by molar-refractivity contribution is 4.88. The van der Waals surface area contributed by atoms with Gasteiger partial charge in [0.15, 0.2) is 0 Å². The maximum Gasteiger partial charge on any atom is 0.0932 e. The Morgan fingerprint density at radius 1 is 1.29 bits per heavy atom. The Morgan fingerprint density at radius 3 is 2.71 bits per heavy atom. The molecule has 1 saturated heterocycles. The largest absolute Gasteiger partial charge is 0.394 e. The minimum Gasteiger partial charge on any atom is -0.394 e. The van der Waals surface area contributed by atoms with Crippen LogP contribution in [0.4, 0.5) is 0 Å². The first kappa shape index (κ1) is 13.3. The first-order valence-electron chi connectivity index (χ1n) is 6.93. The molecule has 1 heterocycles. The first-order chi connectivity index (χ1) is 8.28. The van der Waals surface area contributed by atoms with E-state index in [9.17, 15) is 0 Å². The van der Waals surface area contributed by atoms with Crippen LogP contribution in [-0.2, 0) is 4.74 Å². The number of nitrogens with zero attached hydrogens (tertiary/aromatic N) is 1. The summed E-state index contributed by atoms with van der Waals surface area (Å²) < 4.78 is 5.49. The topological polar surface area (TPSA) is 58.7 Å². The lowest BCUT2D eigenvalue weighted by Gasteiger charge is -2.42. The van der Waals surface area contributed by atoms with Crippen molar-refractivity contribution >= 4 is 0 Å². The normalized spacial score (nSPS) is 30.4. The summed E-state index contributed by atoms with van der Waals surface area (Å²) in [6.07, 6.45) is 6.55. The Balaban J connectivity index is 1.88. The van der Waals surface area contributed by atoms with Crippen molar-refractivity contribution in [3.63, 3.8) is 0 Å². The second-order valence-corrected chi connectivity index (χ2v) is 5.68. The van der Waals surface area contributed by atoms with Crippen LogP contribution in [0.25, 0.3) is 0 Å². The summed E-state index contributed by atoms with van der Waals surface area (Å²) in [5.74, 6) is 0. The quantitative estimate of drug-likeness (QED) is 0.757. The number of morpholine rings is 1. The number of rotatable bonds is 4. The number of nitrogens with two attached hydrogens (primary N) is 1. The van der Waals surface area contributed by atoms with E-state index in [1.807, 2.05) is 0 Å². The molecule has 17 heavy (non-hydrogen) atoms. The molecule has 0 aromatic heterocycles. The van der Waals surface area contributed by atoms with Gasteiger partial charge >= 0.3 is 0 Å². The number of hydrogen-bond donors (Lipinski definition) is 2. The molecule has 3 N–H and O–H groups in total. The molecule has 4 nitrogen and oxygen atoms in total. The average Bonchev–Trinajstić information content (AvgIpc) is 2.40. The second-order valence-electron chi connectivity index (χ2n) is 5.68. The predicted molar refractivity (Wildman–Crippen MR) is 67.8 cm³/mol. The highest BCUT2D eigenvalue weighted by Gasteiger charge is 2.34. The van der Waals surface area contributed by atoms with E-state index >= 15 is 0 Å². The molecule has 0 radical (unpaired) electrons. The van der Waals surface area contributed by atoms with E-state index in [2.05, 4.69) is 4.90 Å². The maximum atomic E-state index is 9.16. The Kier molecular flexibility index (Phi) is 4.79. The monoisotopic (exact) mass is 242 g/mol. The van der Waals surface area contributed by atoms with Crippen molar-refractivity contribution in [1.82, 2.24) is 4.90 Å². The molecule has 0 aromatic carbocycles. The Hall–Kier alpha value is -0.160. The fourth-order valence-corrected chi connectivity index (χ4v) is 3.24. The standard InChI is InChI=1S/C13H26N2O2/c14-10-13(4-2-1-3-5-13)11-15-6-7-17-12(8-15)9-16/h12,16H,1-11,14H2. The highest BCUT2D eigenvalue weighted by Crippen LogP contribution is 2.36. The highest BCUT2D eigenvalue weighted by atomic mass is 16.5. The third kappa shape index (κ3) is 3.41. The maximum absolute atomic E-state index is 9.16. The molecule has 1 saturated carbocycles. The van der Waals surface area contributed by atoms with Crippen LogP contribution in [-0.4, -0.2) is 55.5 Å². The van der Waals surface area contributed by atoms with E-state index in [1.165, 1.54) is 32.1 Å². The molecule has 2 fully saturated rings. The van der Waals surface area contributed by atoms with Gasteiger partial charge in [-0.1, -0.05) is 19.3 Å². The van der Waals surface area contributed by atoms with Gasteiger partial charge in [0.2, 0.25) is 0 Å². The molecule has 0 amide bonds. The van der Waals surface area contributed by atoms with Gasteiger partial charge in [0.05, 0.1) is 19.3 Å². The summed E-state index contributed by atoms with van der Waals surface area (Å²) in [7, 11) is 0. The van der Waals surface area contributed by atoms with E-state index in [-0.39, 0.29) is 12.7 Å². The Bertz CT molecular complexity index is 229. The van der Waals surface area contributed by atoms with Crippen LogP contribution < -0.4 is 5.73 Å². The lowest BCUT2D eigenvalue weighted by Crippen LogP contribution is -2.50. The van der Waals surface area contributed by atoms with Crippen LogP contribution in [0, 0.1) is 5.41 Å². The molecular formula is C13H26N2O2. The lowest BCUT2D eigenvalue weighted by atomic mass is 9.73. The summed E-state index contributed by atoms with van der Waals surface area (Å²) in [6, 6.07) is 0. The van der Waals surface area contributed by atoms with Gasteiger partial charge in [-0.15, -0.1) is 0 Å². The van der Waals surface area contributed by atoms with Gasteiger partial charge in [-0.05, 0) is 24.8 Å². The molecular weight excluding hydrogens is 216 g/mol. The second kappa shape index (κ2) is 6.14. The molecule has 4 heteroatoms. The molecule has 2 aliphatic rings. The van der Waals surface area contributed by atoms with Crippen LogP contribution in [0.1, 0.15) is 32.1 Å². The fraction of sp³-hybridized carbons (Fsp3) is 1.00. The van der Waals surface area contributed by atoms with Crippen molar-refractivity contribution < 1.29 is 9.84 Å². The minimum absolute atomic E-state index is 0.00200. The number of hydrogen-bond acceptors (Lipinski definition) is 4. The average molecular weight is 242 g/mol. The van der Waals surface area contributed by atoms with Crippen molar-refractivity contribution in [2.75, 3.05) is 39.4 Å². The van der Waals surface area contributed by atoms with Crippen molar-refractivity contribution in [3.05, 3.63) is 0 Å². The summed E-state index contributed by atoms with van der Waals surface area (Å²) in [6.45, 7) is 4.60. The minimum atomic E-state index is 0.00200. The summed E-state index contributed by atoms with van der Waals surface area (Å²) >= 11 is 0. The molecule has 1 atom stereocenters. The van der Waals surface area contributed by atoms with Gasteiger partial charge < -0.3 is 15.6 Å². The molecule has 100 valence electrons. The zero-order valence-electron chi connectivity index (χ0n) is 10.7. The van der Waals surface area contributed by atoms with Gasteiger partial charge in [0.1, 0.15) is 0 Å². The van der Waals surface area contributed by atoms with Gasteiger partial charge in [0, 0.05) is 19.6 Å². The van der Waals surface area contributed by atoms with Crippen molar-refractivity contribution in [3.8, 4) is 0 Å². The number of ether oxygens (including phenoxy) is 1. The number of aliphatic hydroxyl groups excluding tert-OH is 1. The van der Waals surface area contributed by atoms with Crippen LogP contribution in [0.15, 0.2) is 0 Å². The van der Waals surface area contributed by atoms with Crippen LogP contribution in [0.3, 0.4) is 0 Å². The molecule has 1 unspecified atom stereocenters. The first-order valence-corrected chi connectivity index (χ1v) is 6.93. The zero-order chi connectivity index (χ0) is 12.1. The van der Waals surface area contributed by atoms with Gasteiger partial charge in [-0.3, -0.25) is 4.90 Å². The molecule has 1 aliphatic heterocycles. The van der Waals surface area contributed by atoms with Crippen molar-refractivity contribution in [1.29, 1.82) is 0 Å². The van der Waals surface area contributed by atoms with E-state index in [4.69, 9.17) is 15.6 Å². The van der Waals surface area contributed by atoms with Gasteiger partial charge in [0.25, 0.3) is 0 Å². The Labute approximate surface area is 104 Å². The Morgan fingerprint density at radius 2 is 2.06 bits per heavy atom. The summed E-state index contributed by atoms with van der Waals surface area (Å²) in [5, 5.41) is 9.16. The van der Waals surface area contributed by atoms with E-state index in [0.29, 0.717) is 5.41 Å². The van der Waals surface area contributed by atoms with Crippen LogP contribution in [0.2, 0.25) is 0 Å². The summed E-state index contributed by atoms with van der Waals surface area (Å²) in [4.78, 5) is 2.43. The van der Waals surface area contributed by atoms with Gasteiger partial charge in [-0.2, -0.15) is 0 Å². The lowest BCUT2D eigenvalue weighted by molar-refractivity contribution is -0.0648. The fourth-order valence-electron chi connectivity index (χ4n) is 3.24. The molecule has 1 aliphatic carbocycles. The molecule has 2 rings (SSSR count). The third-order valence-corrected chi connectivity index (χ3v) is 4.33. The van der Waals surface area contributed by atoms with Gasteiger partial charge in [-0.25, -0.2) is 0 Å². The zero-order valence-corrected chi connectivity index (χ0v) is 10.7. The predicted octanol–water partition coefficient (Wildman–Crippen LogP) is 0.589. The van der Waals surface area contributed by atoms with Crippen LogP contribution in [0.5, 0.6) is 0 Å². The van der Waals surface area contributed by atoms with Crippen molar-refractivity contribution in [2.45, 2.75) is 38.2 Å². The van der Waals surface area contributed by atoms with E-state index in [1.54, 1.807) is 0 Å².